The van der Waals surface area contributed by atoms with Crippen LogP contribution in [0.15, 0.2) is 72.8 Å². The second kappa shape index (κ2) is 10.6. The molecular weight excluding hydrogens is 365 g/mol. The van der Waals surface area contributed by atoms with Crippen molar-refractivity contribution in [1.82, 2.24) is 5.32 Å². The molecule has 0 atom stereocenters. The van der Waals surface area contributed by atoms with E-state index in [1.54, 1.807) is 19.2 Å². The zero-order valence-corrected chi connectivity index (χ0v) is 16.0. The number of halogens is 2. The molecule has 0 aliphatic carbocycles. The number of rotatable bonds is 8. The van der Waals surface area contributed by atoms with Crippen molar-refractivity contribution in [3.8, 4) is 11.5 Å². The molecule has 142 valence electrons. The lowest BCUT2D eigenvalue weighted by molar-refractivity contribution is 0.302. The first-order valence-electron chi connectivity index (χ1n) is 8.53. The number of para-hydroxylation sites is 1. The molecule has 0 unspecified atom stereocenters. The van der Waals surface area contributed by atoms with Gasteiger partial charge in [0.1, 0.15) is 23.9 Å². The zero-order chi connectivity index (χ0) is 18.2. The SMILES string of the molecule is COc1ccc(CNCc2ccccc2OCc2ccc(F)cc2)cc1.Cl. The smallest absolute Gasteiger partial charge is 0.124 e. The van der Waals surface area contributed by atoms with Crippen molar-refractivity contribution in [2.75, 3.05) is 7.11 Å². The Morgan fingerprint density at radius 1 is 0.815 bits per heavy atom. The Morgan fingerprint density at radius 3 is 2.19 bits per heavy atom. The Bertz CT molecular complexity index is 822. The summed E-state index contributed by atoms with van der Waals surface area (Å²) in [5, 5.41) is 3.43. The number of benzene rings is 3. The average Bonchev–Trinajstić information content (AvgIpc) is 2.69. The molecule has 0 heterocycles. The fourth-order valence-corrected chi connectivity index (χ4v) is 2.62. The Labute approximate surface area is 165 Å². The lowest BCUT2D eigenvalue weighted by atomic mass is 10.1. The van der Waals surface area contributed by atoms with E-state index in [-0.39, 0.29) is 18.2 Å². The van der Waals surface area contributed by atoms with Crippen molar-refractivity contribution in [1.29, 1.82) is 0 Å². The quantitative estimate of drug-likeness (QED) is 0.581. The van der Waals surface area contributed by atoms with E-state index >= 15 is 0 Å². The van der Waals surface area contributed by atoms with Crippen molar-refractivity contribution in [3.05, 3.63) is 95.3 Å². The molecule has 0 saturated carbocycles. The van der Waals surface area contributed by atoms with Crippen LogP contribution < -0.4 is 14.8 Å². The number of ether oxygens (including phenoxy) is 2. The maximum atomic E-state index is 13.0. The lowest BCUT2D eigenvalue weighted by Gasteiger charge is -2.12. The van der Waals surface area contributed by atoms with E-state index in [1.165, 1.54) is 17.7 Å². The molecule has 0 radical (unpaired) electrons. The highest BCUT2D eigenvalue weighted by Crippen LogP contribution is 2.20. The van der Waals surface area contributed by atoms with E-state index in [2.05, 4.69) is 5.32 Å². The van der Waals surface area contributed by atoms with Gasteiger partial charge in [0.15, 0.2) is 0 Å². The summed E-state index contributed by atoms with van der Waals surface area (Å²) in [6.45, 7) is 1.87. The Morgan fingerprint density at radius 2 is 1.48 bits per heavy atom. The van der Waals surface area contributed by atoms with Crippen LogP contribution in [0.5, 0.6) is 11.5 Å². The van der Waals surface area contributed by atoms with Gasteiger partial charge in [0.2, 0.25) is 0 Å². The van der Waals surface area contributed by atoms with Gasteiger partial charge in [-0.15, -0.1) is 12.4 Å². The predicted octanol–water partition coefficient (Wildman–Crippen LogP) is 5.12. The van der Waals surface area contributed by atoms with E-state index in [0.717, 1.165) is 29.2 Å². The Balaban J connectivity index is 0.00000261. The van der Waals surface area contributed by atoms with Crippen LogP contribution in [-0.4, -0.2) is 7.11 Å². The fraction of sp³-hybridized carbons (Fsp3) is 0.182. The summed E-state index contributed by atoms with van der Waals surface area (Å²) < 4.78 is 24.1. The monoisotopic (exact) mass is 387 g/mol. The highest BCUT2D eigenvalue weighted by molar-refractivity contribution is 5.85. The van der Waals surface area contributed by atoms with Crippen molar-refractivity contribution < 1.29 is 13.9 Å². The van der Waals surface area contributed by atoms with Gasteiger partial charge in [-0.05, 0) is 41.5 Å². The van der Waals surface area contributed by atoms with Gasteiger partial charge >= 0.3 is 0 Å². The minimum Gasteiger partial charge on any atom is -0.497 e. The van der Waals surface area contributed by atoms with Gasteiger partial charge < -0.3 is 14.8 Å². The van der Waals surface area contributed by atoms with Crippen LogP contribution in [0.25, 0.3) is 0 Å². The van der Waals surface area contributed by atoms with Crippen molar-refractivity contribution in [2.24, 2.45) is 0 Å². The maximum Gasteiger partial charge on any atom is 0.124 e. The van der Waals surface area contributed by atoms with E-state index in [4.69, 9.17) is 9.47 Å². The minimum atomic E-state index is -0.239. The van der Waals surface area contributed by atoms with Gasteiger partial charge in [0.05, 0.1) is 7.11 Å². The zero-order valence-electron chi connectivity index (χ0n) is 15.2. The summed E-state index contributed by atoms with van der Waals surface area (Å²) >= 11 is 0. The van der Waals surface area contributed by atoms with Crippen molar-refractivity contribution in [2.45, 2.75) is 19.7 Å². The summed E-state index contributed by atoms with van der Waals surface area (Å²) in [6, 6.07) is 22.3. The van der Waals surface area contributed by atoms with Crippen LogP contribution in [0.3, 0.4) is 0 Å². The van der Waals surface area contributed by atoms with Crippen molar-refractivity contribution in [3.63, 3.8) is 0 Å². The molecule has 0 fully saturated rings. The number of nitrogens with one attached hydrogen (secondary N) is 1. The minimum absolute atomic E-state index is 0. The van der Waals surface area contributed by atoms with Gasteiger partial charge in [0, 0.05) is 18.7 Å². The standard InChI is InChI=1S/C22H22FNO2.ClH/c1-25-21-12-8-17(9-13-21)14-24-15-19-4-2-3-5-22(19)26-16-18-6-10-20(23)11-7-18;/h2-13,24H,14-16H2,1H3;1H. The first kappa shape index (κ1) is 20.7. The third-order valence-electron chi connectivity index (χ3n) is 4.08. The predicted molar refractivity (Wildman–Crippen MR) is 108 cm³/mol. The normalized spacial score (nSPS) is 10.1. The number of methoxy groups -OCH3 is 1. The van der Waals surface area contributed by atoms with Crippen LogP contribution in [0.2, 0.25) is 0 Å². The van der Waals surface area contributed by atoms with Gasteiger partial charge in [-0.1, -0.05) is 42.5 Å². The summed E-state index contributed by atoms with van der Waals surface area (Å²) in [5.41, 5.74) is 3.21. The molecule has 3 aromatic rings. The molecule has 0 spiro atoms. The van der Waals surface area contributed by atoms with Crippen LogP contribution in [-0.2, 0) is 19.7 Å². The van der Waals surface area contributed by atoms with Crippen LogP contribution in [0, 0.1) is 5.82 Å². The molecule has 5 heteroatoms. The molecule has 3 aromatic carbocycles. The molecule has 27 heavy (non-hydrogen) atoms. The van der Waals surface area contributed by atoms with Gasteiger partial charge in [-0.2, -0.15) is 0 Å². The van der Waals surface area contributed by atoms with Crippen LogP contribution in [0.1, 0.15) is 16.7 Å². The third-order valence-corrected chi connectivity index (χ3v) is 4.08. The largest absolute Gasteiger partial charge is 0.497 e. The Kier molecular flexibility index (Phi) is 8.11. The maximum absolute atomic E-state index is 13.0. The molecular formula is C22H23ClFNO2. The van der Waals surface area contributed by atoms with Gasteiger partial charge in [-0.25, -0.2) is 4.39 Å². The molecule has 0 bridgehead atoms. The van der Waals surface area contributed by atoms with E-state index < -0.39 is 0 Å². The summed E-state index contributed by atoms with van der Waals surface area (Å²) in [4.78, 5) is 0. The number of hydrogen-bond donors (Lipinski definition) is 1. The second-order valence-corrected chi connectivity index (χ2v) is 5.97. The highest BCUT2D eigenvalue weighted by atomic mass is 35.5. The number of hydrogen-bond acceptors (Lipinski definition) is 3. The van der Waals surface area contributed by atoms with Gasteiger partial charge in [-0.3, -0.25) is 0 Å². The van der Waals surface area contributed by atoms with E-state index in [0.29, 0.717) is 13.2 Å². The summed E-state index contributed by atoms with van der Waals surface area (Å²) in [5.74, 6) is 1.45. The third kappa shape index (κ3) is 6.27. The molecule has 3 nitrogen and oxygen atoms in total. The topological polar surface area (TPSA) is 30.5 Å². The van der Waals surface area contributed by atoms with E-state index in [1.807, 2.05) is 48.5 Å². The molecule has 0 amide bonds. The van der Waals surface area contributed by atoms with Crippen LogP contribution in [0.4, 0.5) is 4.39 Å². The Hall–Kier alpha value is -2.56. The fourth-order valence-electron chi connectivity index (χ4n) is 2.62. The first-order chi connectivity index (χ1) is 12.7. The van der Waals surface area contributed by atoms with Gasteiger partial charge in [0.25, 0.3) is 0 Å². The van der Waals surface area contributed by atoms with Crippen molar-refractivity contribution >= 4 is 12.4 Å². The average molecular weight is 388 g/mol. The van der Waals surface area contributed by atoms with Crippen LogP contribution >= 0.6 is 12.4 Å². The highest BCUT2D eigenvalue weighted by Gasteiger charge is 2.04. The molecule has 0 aliphatic heterocycles. The second-order valence-electron chi connectivity index (χ2n) is 5.97. The lowest BCUT2D eigenvalue weighted by Crippen LogP contribution is -2.13. The molecule has 0 saturated heterocycles. The molecule has 1 N–H and O–H groups in total. The summed E-state index contributed by atoms with van der Waals surface area (Å²) in [7, 11) is 1.66. The molecule has 0 aliphatic rings. The molecule has 0 aromatic heterocycles. The van der Waals surface area contributed by atoms with E-state index in [9.17, 15) is 4.39 Å². The summed E-state index contributed by atoms with van der Waals surface area (Å²) in [6.07, 6.45) is 0. The first-order valence-corrected chi connectivity index (χ1v) is 8.53. The molecule has 3 rings (SSSR count).